The standard InChI is InChI=1S/C19H16Cl2N2O4/c20-15-7-6-13(16(21)9-15)11-27-19(26)14-8-17(24)23(10-14)22-18(25)12-4-2-1-3-5-12/h1-7,9,14H,8,10-11H2,(H,22,25)/t14-/m1/s1. The predicted octanol–water partition coefficient (Wildman–Crippen LogP) is 3.23. The smallest absolute Gasteiger partial charge is 0.311 e. The van der Waals surface area contributed by atoms with Gasteiger partial charge in [0.1, 0.15) is 6.61 Å². The number of amides is 2. The quantitative estimate of drug-likeness (QED) is 0.773. The normalized spacial score (nSPS) is 16.3. The number of nitrogens with zero attached hydrogens (tertiary/aromatic N) is 1. The molecule has 2 amide bonds. The van der Waals surface area contributed by atoms with Gasteiger partial charge in [0, 0.05) is 27.6 Å². The largest absolute Gasteiger partial charge is 0.460 e. The average Bonchev–Trinajstić information content (AvgIpc) is 3.02. The molecule has 0 aliphatic carbocycles. The molecule has 0 radical (unpaired) electrons. The van der Waals surface area contributed by atoms with E-state index in [9.17, 15) is 14.4 Å². The van der Waals surface area contributed by atoms with Crippen molar-refractivity contribution in [3.8, 4) is 0 Å². The number of carbonyl (C=O) groups excluding carboxylic acids is 3. The Bertz CT molecular complexity index is 873. The third-order valence-corrected chi connectivity index (χ3v) is 4.70. The minimum Gasteiger partial charge on any atom is -0.460 e. The molecule has 2 aromatic rings. The molecular formula is C19H16Cl2N2O4. The van der Waals surface area contributed by atoms with E-state index >= 15 is 0 Å². The van der Waals surface area contributed by atoms with Crippen molar-refractivity contribution in [3.05, 3.63) is 69.7 Å². The van der Waals surface area contributed by atoms with Gasteiger partial charge in [0.15, 0.2) is 0 Å². The lowest BCUT2D eigenvalue weighted by molar-refractivity contribution is -0.149. The van der Waals surface area contributed by atoms with E-state index < -0.39 is 17.8 Å². The zero-order valence-corrected chi connectivity index (χ0v) is 15.7. The lowest BCUT2D eigenvalue weighted by Crippen LogP contribution is -2.43. The number of carbonyl (C=O) groups is 3. The van der Waals surface area contributed by atoms with Crippen molar-refractivity contribution >= 4 is 41.0 Å². The van der Waals surface area contributed by atoms with Crippen LogP contribution in [0.15, 0.2) is 48.5 Å². The van der Waals surface area contributed by atoms with Gasteiger partial charge < -0.3 is 4.74 Å². The molecule has 0 saturated carbocycles. The van der Waals surface area contributed by atoms with Crippen LogP contribution in [0.4, 0.5) is 0 Å². The summed E-state index contributed by atoms with van der Waals surface area (Å²) in [5, 5.41) is 2.03. The Labute approximate surface area is 166 Å². The van der Waals surface area contributed by atoms with E-state index in [-0.39, 0.29) is 25.5 Å². The highest BCUT2D eigenvalue weighted by Gasteiger charge is 2.36. The summed E-state index contributed by atoms with van der Waals surface area (Å²) < 4.78 is 5.26. The van der Waals surface area contributed by atoms with Crippen LogP contribution < -0.4 is 5.43 Å². The number of esters is 1. The van der Waals surface area contributed by atoms with E-state index in [0.29, 0.717) is 21.2 Å². The maximum Gasteiger partial charge on any atom is 0.311 e. The van der Waals surface area contributed by atoms with E-state index in [1.54, 1.807) is 48.5 Å². The van der Waals surface area contributed by atoms with Gasteiger partial charge in [0.05, 0.1) is 12.5 Å². The van der Waals surface area contributed by atoms with Crippen LogP contribution in [0.1, 0.15) is 22.3 Å². The van der Waals surface area contributed by atoms with E-state index in [1.807, 2.05) is 0 Å². The first-order chi connectivity index (χ1) is 12.9. The lowest BCUT2D eigenvalue weighted by atomic mass is 10.1. The zero-order valence-electron chi connectivity index (χ0n) is 14.2. The molecule has 1 saturated heterocycles. The zero-order chi connectivity index (χ0) is 19.4. The summed E-state index contributed by atoms with van der Waals surface area (Å²) in [5.41, 5.74) is 3.56. The third-order valence-electron chi connectivity index (χ3n) is 4.12. The Morgan fingerprint density at radius 2 is 1.89 bits per heavy atom. The summed E-state index contributed by atoms with van der Waals surface area (Å²) in [4.78, 5) is 36.5. The van der Waals surface area contributed by atoms with Gasteiger partial charge in [-0.1, -0.05) is 47.5 Å². The molecule has 1 heterocycles. The Balaban J connectivity index is 1.55. The first-order valence-corrected chi connectivity index (χ1v) is 8.96. The SMILES string of the molecule is O=C(NN1C[C@H](C(=O)OCc2ccc(Cl)cc2Cl)CC1=O)c1ccccc1. The molecule has 2 aromatic carbocycles. The highest BCUT2D eigenvalue weighted by Crippen LogP contribution is 2.23. The van der Waals surface area contributed by atoms with Gasteiger partial charge in [-0.05, 0) is 24.3 Å². The molecule has 0 unspecified atom stereocenters. The van der Waals surface area contributed by atoms with Crippen LogP contribution in [0.2, 0.25) is 10.0 Å². The topological polar surface area (TPSA) is 75.7 Å². The number of nitrogens with one attached hydrogen (secondary N) is 1. The van der Waals surface area contributed by atoms with Crippen molar-refractivity contribution in [3.63, 3.8) is 0 Å². The van der Waals surface area contributed by atoms with Crippen molar-refractivity contribution in [2.45, 2.75) is 13.0 Å². The van der Waals surface area contributed by atoms with Crippen LogP contribution in [0.25, 0.3) is 0 Å². The van der Waals surface area contributed by atoms with Gasteiger partial charge in [0.25, 0.3) is 5.91 Å². The van der Waals surface area contributed by atoms with E-state index in [0.717, 1.165) is 5.01 Å². The molecule has 0 spiro atoms. The molecule has 0 aromatic heterocycles. The number of hydrogen-bond donors (Lipinski definition) is 1. The van der Waals surface area contributed by atoms with Gasteiger partial charge in [-0.25, -0.2) is 0 Å². The van der Waals surface area contributed by atoms with Crippen molar-refractivity contribution in [2.24, 2.45) is 5.92 Å². The second-order valence-corrected chi connectivity index (χ2v) is 6.90. The van der Waals surface area contributed by atoms with Crippen LogP contribution in [0, 0.1) is 5.92 Å². The fourth-order valence-electron chi connectivity index (χ4n) is 2.66. The van der Waals surface area contributed by atoms with Gasteiger partial charge in [-0.3, -0.25) is 24.8 Å². The van der Waals surface area contributed by atoms with Crippen LogP contribution >= 0.6 is 23.2 Å². The fraction of sp³-hybridized carbons (Fsp3) is 0.211. The summed E-state index contributed by atoms with van der Waals surface area (Å²) in [7, 11) is 0. The van der Waals surface area contributed by atoms with Gasteiger partial charge in [-0.15, -0.1) is 0 Å². The maximum atomic E-state index is 12.3. The van der Waals surface area contributed by atoms with Gasteiger partial charge in [-0.2, -0.15) is 0 Å². The summed E-state index contributed by atoms with van der Waals surface area (Å²) in [6.45, 7) is 0.0422. The highest BCUT2D eigenvalue weighted by molar-refractivity contribution is 6.35. The molecule has 0 bridgehead atoms. The van der Waals surface area contributed by atoms with Crippen LogP contribution in [-0.2, 0) is 20.9 Å². The maximum absolute atomic E-state index is 12.3. The summed E-state index contributed by atoms with van der Waals surface area (Å²) >= 11 is 11.9. The Hall–Kier alpha value is -2.57. The van der Waals surface area contributed by atoms with Crippen molar-refractivity contribution in [2.75, 3.05) is 6.54 Å². The average molecular weight is 407 g/mol. The Morgan fingerprint density at radius 3 is 2.59 bits per heavy atom. The monoisotopic (exact) mass is 406 g/mol. The predicted molar refractivity (Wildman–Crippen MR) is 100.0 cm³/mol. The van der Waals surface area contributed by atoms with Gasteiger partial charge >= 0.3 is 5.97 Å². The molecular weight excluding hydrogens is 391 g/mol. The first kappa shape index (κ1) is 19.2. The number of rotatable bonds is 5. The number of hydrogen-bond acceptors (Lipinski definition) is 4. The fourth-order valence-corrected chi connectivity index (χ4v) is 3.12. The van der Waals surface area contributed by atoms with Crippen LogP contribution in [0.5, 0.6) is 0 Å². The molecule has 1 aliphatic rings. The second-order valence-electron chi connectivity index (χ2n) is 6.06. The van der Waals surface area contributed by atoms with Gasteiger partial charge in [0.2, 0.25) is 5.91 Å². The molecule has 1 fully saturated rings. The van der Waals surface area contributed by atoms with Crippen molar-refractivity contribution in [1.82, 2.24) is 10.4 Å². The van der Waals surface area contributed by atoms with E-state index in [2.05, 4.69) is 5.43 Å². The number of ether oxygens (including phenoxy) is 1. The Morgan fingerprint density at radius 1 is 1.15 bits per heavy atom. The number of halogens is 2. The minimum atomic E-state index is -0.653. The van der Waals surface area contributed by atoms with Crippen LogP contribution in [0.3, 0.4) is 0 Å². The molecule has 3 rings (SSSR count). The molecule has 1 N–H and O–H groups in total. The Kier molecular flexibility index (Phi) is 5.98. The third kappa shape index (κ3) is 4.78. The molecule has 140 valence electrons. The summed E-state index contributed by atoms with van der Waals surface area (Å²) in [6, 6.07) is 13.4. The van der Waals surface area contributed by atoms with E-state index in [1.165, 1.54) is 0 Å². The van der Waals surface area contributed by atoms with Crippen LogP contribution in [-0.4, -0.2) is 29.3 Å². The summed E-state index contributed by atoms with van der Waals surface area (Å²) in [6.07, 6.45) is -0.0255. The second kappa shape index (κ2) is 8.41. The van der Waals surface area contributed by atoms with Crippen molar-refractivity contribution < 1.29 is 19.1 Å². The molecule has 6 nitrogen and oxygen atoms in total. The minimum absolute atomic E-state index is 0.0180. The molecule has 27 heavy (non-hydrogen) atoms. The molecule has 1 aliphatic heterocycles. The molecule has 8 heteroatoms. The number of benzene rings is 2. The molecule has 1 atom stereocenters. The highest BCUT2D eigenvalue weighted by atomic mass is 35.5. The summed E-state index contributed by atoms with van der Waals surface area (Å²) in [5.74, 6) is -1.93. The van der Waals surface area contributed by atoms with Crippen molar-refractivity contribution in [1.29, 1.82) is 0 Å². The van der Waals surface area contributed by atoms with E-state index in [4.69, 9.17) is 27.9 Å². The first-order valence-electron chi connectivity index (χ1n) is 8.21. The number of hydrazine groups is 1. The lowest BCUT2D eigenvalue weighted by Gasteiger charge is -2.17.